The highest BCUT2D eigenvalue weighted by Gasteiger charge is 2.12. The van der Waals surface area contributed by atoms with Gasteiger partial charge < -0.3 is 40.5 Å². The number of methoxy groups -OCH3 is 2. The van der Waals surface area contributed by atoms with Gasteiger partial charge in [-0.05, 0) is 57.4 Å². The van der Waals surface area contributed by atoms with E-state index in [2.05, 4.69) is 16.0 Å². The smallest absolute Gasteiger partial charge is 0.238 e. The first-order valence-corrected chi connectivity index (χ1v) is 12.6. The van der Waals surface area contributed by atoms with E-state index in [1.807, 2.05) is 79.7 Å². The molecule has 0 fully saturated rings. The highest BCUT2D eigenvalue weighted by atomic mass is 16.5. The zero-order chi connectivity index (χ0) is 29.1. The molecule has 0 aliphatic heterocycles. The number of anilines is 5. The van der Waals surface area contributed by atoms with Crippen molar-refractivity contribution < 1.29 is 24.5 Å². The highest BCUT2D eigenvalue weighted by molar-refractivity contribution is 5.92. The van der Waals surface area contributed by atoms with Crippen LogP contribution in [0.4, 0.5) is 28.7 Å². The molecule has 212 valence electrons. The second-order valence-electron chi connectivity index (χ2n) is 9.16. The minimum Gasteiger partial charge on any atom is -0.497 e. The topological polar surface area (TPSA) is 141 Å². The van der Waals surface area contributed by atoms with Gasteiger partial charge in [-0.25, -0.2) is 9.97 Å². The number of hydrogen-bond acceptors (Lipinski definition) is 10. The van der Waals surface area contributed by atoms with Crippen LogP contribution in [-0.4, -0.2) is 78.6 Å². The Hall–Kier alpha value is -4.45. The molecule has 0 bridgehead atoms. The van der Waals surface area contributed by atoms with Crippen LogP contribution in [0, 0.1) is 0 Å². The fourth-order valence-corrected chi connectivity index (χ4v) is 3.45. The predicted molar refractivity (Wildman–Crippen MR) is 158 cm³/mol. The van der Waals surface area contributed by atoms with Gasteiger partial charge in [-0.2, -0.15) is 0 Å². The molecule has 0 radical (unpaired) electrons. The largest absolute Gasteiger partial charge is 0.497 e. The maximum atomic E-state index is 12.0. The fraction of sp³-hybridized carbons (Fsp3) is 0.276. The van der Waals surface area contributed by atoms with Gasteiger partial charge in [0.1, 0.15) is 11.5 Å². The van der Waals surface area contributed by atoms with E-state index in [0.717, 1.165) is 22.4 Å². The molecule has 1 heterocycles. The quantitative estimate of drug-likeness (QED) is 0.197. The van der Waals surface area contributed by atoms with Crippen LogP contribution in [0.3, 0.4) is 0 Å². The summed E-state index contributed by atoms with van der Waals surface area (Å²) in [5.74, 6) is 2.33. The van der Waals surface area contributed by atoms with Gasteiger partial charge in [0.25, 0.3) is 0 Å². The average molecular weight is 549 g/mol. The lowest BCUT2D eigenvalue weighted by molar-refractivity contribution is -0.116. The van der Waals surface area contributed by atoms with Crippen LogP contribution in [-0.2, 0) is 4.79 Å². The Morgan fingerprint density at radius 2 is 1.32 bits per heavy atom. The van der Waals surface area contributed by atoms with E-state index in [-0.39, 0.29) is 12.5 Å². The van der Waals surface area contributed by atoms with Crippen molar-refractivity contribution in [3.8, 4) is 11.5 Å². The van der Waals surface area contributed by atoms with Crippen LogP contribution in [0.15, 0.2) is 66.7 Å². The van der Waals surface area contributed by atoms with Crippen molar-refractivity contribution in [1.82, 2.24) is 14.9 Å². The molecule has 0 saturated carbocycles. The SMILES string of the molecule is CC(O)CO.COc1cc(Nc2nc3ccccc3nc2Nc2ccc(NC(=O)CN(C)C)cc2)cc(OC)c1. The number of carbonyl (C=O) groups excluding carboxylic acids is 1. The number of fused-ring (bicyclic) bond motifs is 1. The molecule has 5 N–H and O–H groups in total. The number of nitrogens with one attached hydrogen (secondary N) is 3. The van der Waals surface area contributed by atoms with E-state index in [1.165, 1.54) is 6.92 Å². The Bertz CT molecular complexity index is 1370. The number of rotatable bonds is 10. The lowest BCUT2D eigenvalue weighted by Crippen LogP contribution is -2.27. The maximum absolute atomic E-state index is 12.0. The van der Waals surface area contributed by atoms with Gasteiger partial charge in [-0.3, -0.25) is 4.79 Å². The number of nitrogens with zero attached hydrogens (tertiary/aromatic N) is 3. The summed E-state index contributed by atoms with van der Waals surface area (Å²) in [5.41, 5.74) is 3.78. The van der Waals surface area contributed by atoms with Gasteiger partial charge in [0, 0.05) is 35.3 Å². The van der Waals surface area contributed by atoms with E-state index in [0.29, 0.717) is 35.4 Å². The van der Waals surface area contributed by atoms with E-state index < -0.39 is 6.10 Å². The third-order valence-corrected chi connectivity index (χ3v) is 5.34. The molecule has 0 saturated heterocycles. The maximum Gasteiger partial charge on any atom is 0.238 e. The molecule has 11 nitrogen and oxygen atoms in total. The van der Waals surface area contributed by atoms with Crippen LogP contribution in [0.2, 0.25) is 0 Å². The number of likely N-dealkylation sites (N-methyl/N-ethyl adjacent to an activating group) is 1. The van der Waals surface area contributed by atoms with Crippen LogP contribution in [0.5, 0.6) is 11.5 Å². The lowest BCUT2D eigenvalue weighted by atomic mass is 10.2. The third-order valence-electron chi connectivity index (χ3n) is 5.34. The van der Waals surface area contributed by atoms with Crippen molar-refractivity contribution in [2.75, 3.05) is 57.4 Å². The second kappa shape index (κ2) is 14.6. The Labute approximate surface area is 233 Å². The molecule has 0 aliphatic carbocycles. The van der Waals surface area contributed by atoms with Gasteiger partial charge in [0.2, 0.25) is 5.91 Å². The molecule has 0 spiro atoms. The molecule has 0 aliphatic rings. The van der Waals surface area contributed by atoms with Crippen molar-refractivity contribution in [3.63, 3.8) is 0 Å². The first-order valence-electron chi connectivity index (χ1n) is 12.6. The van der Waals surface area contributed by atoms with Gasteiger partial charge in [0.05, 0.1) is 44.5 Å². The number of ether oxygens (including phenoxy) is 2. The third kappa shape index (κ3) is 9.09. The number of aliphatic hydroxyl groups is 2. The van der Waals surface area contributed by atoms with E-state index in [4.69, 9.17) is 29.7 Å². The molecule has 40 heavy (non-hydrogen) atoms. The summed E-state index contributed by atoms with van der Waals surface area (Å²) in [4.78, 5) is 23.4. The lowest BCUT2D eigenvalue weighted by Gasteiger charge is -2.15. The van der Waals surface area contributed by atoms with Crippen molar-refractivity contribution in [3.05, 3.63) is 66.7 Å². The molecule has 4 rings (SSSR count). The predicted octanol–water partition coefficient (Wildman–Crippen LogP) is 3.99. The molecule has 1 atom stereocenters. The van der Waals surface area contributed by atoms with E-state index >= 15 is 0 Å². The van der Waals surface area contributed by atoms with Gasteiger partial charge in [-0.1, -0.05) is 12.1 Å². The van der Waals surface area contributed by atoms with Crippen LogP contribution >= 0.6 is 0 Å². The molecule has 4 aromatic rings. The number of carbonyl (C=O) groups is 1. The summed E-state index contributed by atoms with van der Waals surface area (Å²) in [5, 5.41) is 25.6. The van der Waals surface area contributed by atoms with Crippen molar-refractivity contribution in [2.45, 2.75) is 13.0 Å². The molecule has 1 aromatic heterocycles. The zero-order valence-corrected chi connectivity index (χ0v) is 23.3. The van der Waals surface area contributed by atoms with E-state index in [9.17, 15) is 4.79 Å². The van der Waals surface area contributed by atoms with Crippen LogP contribution in [0.1, 0.15) is 6.92 Å². The van der Waals surface area contributed by atoms with Gasteiger partial charge >= 0.3 is 0 Å². The Morgan fingerprint density at radius 1 is 0.850 bits per heavy atom. The normalized spacial score (nSPS) is 11.3. The van der Waals surface area contributed by atoms with Crippen molar-refractivity contribution in [1.29, 1.82) is 0 Å². The zero-order valence-electron chi connectivity index (χ0n) is 23.3. The number of aliphatic hydroxyl groups excluding tert-OH is 2. The summed E-state index contributed by atoms with van der Waals surface area (Å²) < 4.78 is 10.8. The first-order chi connectivity index (χ1) is 19.2. The molecule has 3 aromatic carbocycles. The summed E-state index contributed by atoms with van der Waals surface area (Å²) in [6.07, 6.45) is -0.560. The Kier molecular flexibility index (Phi) is 11.0. The standard InChI is InChI=1S/C26H28N6O3.C3H8O2/c1-32(2)16-24(33)27-17-9-11-18(12-10-17)28-25-26(31-23-8-6-5-7-22(23)30-25)29-19-13-20(34-3)15-21(14-19)35-4;1-3(5)2-4/h5-15H,16H2,1-4H3,(H,27,33)(H,28,30)(H,29,31);3-5H,2H2,1H3. The average Bonchev–Trinajstić information content (AvgIpc) is 2.94. The number of para-hydroxylation sites is 2. The van der Waals surface area contributed by atoms with Crippen LogP contribution in [0.25, 0.3) is 11.0 Å². The first kappa shape index (κ1) is 30.1. The number of amides is 1. The minimum atomic E-state index is -0.560. The summed E-state index contributed by atoms with van der Waals surface area (Å²) in [7, 11) is 6.91. The number of benzene rings is 3. The highest BCUT2D eigenvalue weighted by Crippen LogP contribution is 2.32. The Morgan fingerprint density at radius 3 is 1.77 bits per heavy atom. The summed E-state index contributed by atoms with van der Waals surface area (Å²) >= 11 is 0. The van der Waals surface area contributed by atoms with Gasteiger partial charge in [0.15, 0.2) is 11.6 Å². The molecule has 1 unspecified atom stereocenters. The minimum absolute atomic E-state index is 0.0729. The number of aromatic nitrogens is 2. The van der Waals surface area contributed by atoms with Gasteiger partial charge in [-0.15, -0.1) is 0 Å². The number of hydrogen-bond donors (Lipinski definition) is 5. The molecule has 1 amide bonds. The summed E-state index contributed by atoms with van der Waals surface area (Å²) in [6, 6.07) is 20.6. The molecule has 11 heteroatoms. The fourth-order valence-electron chi connectivity index (χ4n) is 3.45. The monoisotopic (exact) mass is 548 g/mol. The molecular weight excluding hydrogens is 512 g/mol. The second-order valence-corrected chi connectivity index (χ2v) is 9.16. The molecular formula is C29H36N6O5. The van der Waals surface area contributed by atoms with Crippen LogP contribution < -0.4 is 25.4 Å². The van der Waals surface area contributed by atoms with E-state index in [1.54, 1.807) is 20.3 Å². The summed E-state index contributed by atoms with van der Waals surface area (Å²) in [6.45, 7) is 1.71. The Balaban J connectivity index is 0.000000810. The van der Waals surface area contributed by atoms with Crippen molar-refractivity contribution in [2.24, 2.45) is 0 Å². The van der Waals surface area contributed by atoms with Crippen molar-refractivity contribution >= 4 is 45.6 Å².